The Labute approximate surface area is 98.7 Å². The van der Waals surface area contributed by atoms with Crippen LogP contribution in [0.5, 0.6) is 0 Å². The number of rotatable bonds is 5. The van der Waals surface area contributed by atoms with Gasteiger partial charge >= 0.3 is 5.97 Å². The number of aliphatic carboxylic acids is 1. The smallest absolute Gasteiger partial charge is 0.335 e. The molecule has 7 heteroatoms. The fourth-order valence-electron chi connectivity index (χ4n) is 0.501. The minimum Gasteiger partial charge on any atom is -0.479 e. The van der Waals surface area contributed by atoms with Crippen LogP contribution in [-0.4, -0.2) is 33.4 Å². The van der Waals surface area contributed by atoms with Gasteiger partial charge in [0.1, 0.15) is 0 Å². The van der Waals surface area contributed by atoms with Gasteiger partial charge in [-0.3, -0.25) is 0 Å². The predicted octanol–water partition coefficient (Wildman–Crippen LogP) is 1.94. The van der Waals surface area contributed by atoms with Crippen LogP contribution in [0, 0.1) is 0 Å². The van der Waals surface area contributed by atoms with Crippen LogP contribution in [0.2, 0.25) is 0 Å². The molecule has 0 fully saturated rings. The molecule has 5 nitrogen and oxygen atoms in total. The molecular formula is C7H11Br2NO4. The first-order chi connectivity index (χ1) is 6.40. The van der Waals surface area contributed by atoms with Crippen molar-refractivity contribution in [3.8, 4) is 0 Å². The zero-order valence-electron chi connectivity index (χ0n) is 7.79. The summed E-state index contributed by atoms with van der Waals surface area (Å²) in [5.74, 6) is -0.726. The van der Waals surface area contributed by atoms with Crippen LogP contribution in [0.3, 0.4) is 0 Å². The Hall–Kier alpha value is -0.300. The number of carboxylic acids is 1. The zero-order chi connectivity index (χ0) is 11.2. The monoisotopic (exact) mass is 331 g/mol. The van der Waals surface area contributed by atoms with E-state index in [1.807, 2.05) is 6.92 Å². The van der Waals surface area contributed by atoms with Gasteiger partial charge in [-0.15, -0.1) is 0 Å². The van der Waals surface area contributed by atoms with E-state index in [1.54, 1.807) is 6.92 Å². The van der Waals surface area contributed by atoms with Crippen LogP contribution in [0.4, 0.5) is 0 Å². The second kappa shape index (κ2) is 6.23. The van der Waals surface area contributed by atoms with Crippen molar-refractivity contribution in [3.05, 3.63) is 0 Å². The number of hydrogen-bond acceptors (Lipinski definition) is 4. The van der Waals surface area contributed by atoms with Crippen molar-refractivity contribution in [3.63, 3.8) is 0 Å². The first-order valence-corrected chi connectivity index (χ1v) is 5.39. The molecule has 0 saturated heterocycles. The summed E-state index contributed by atoms with van der Waals surface area (Å²) in [6.45, 7) is 3.78. The Morgan fingerprint density at radius 1 is 1.57 bits per heavy atom. The van der Waals surface area contributed by atoms with Gasteiger partial charge in [-0.05, 0) is 6.92 Å². The fourth-order valence-corrected chi connectivity index (χ4v) is 0.706. The minimum absolute atomic E-state index is 0.146. The highest BCUT2D eigenvalue weighted by Crippen LogP contribution is 2.26. The summed E-state index contributed by atoms with van der Waals surface area (Å²) in [6.07, 6.45) is 0. The first-order valence-electron chi connectivity index (χ1n) is 3.80. The summed E-state index contributed by atoms with van der Waals surface area (Å²) in [6, 6.07) is 0. The molecule has 0 aromatic rings. The number of nitrogens with zero attached hydrogens (tertiary/aromatic N) is 1. The molecular weight excluding hydrogens is 322 g/mol. The van der Waals surface area contributed by atoms with E-state index in [2.05, 4.69) is 37.0 Å². The van der Waals surface area contributed by atoms with Gasteiger partial charge in [0.2, 0.25) is 9.13 Å². The number of ether oxygens (including phenoxy) is 1. The molecule has 0 unspecified atom stereocenters. The molecule has 0 bridgehead atoms. The molecule has 0 aromatic heterocycles. The molecule has 0 aliphatic heterocycles. The maximum atomic E-state index is 10.6. The summed E-state index contributed by atoms with van der Waals surface area (Å²) in [5, 5.41) is 12.2. The van der Waals surface area contributed by atoms with Crippen molar-refractivity contribution in [1.82, 2.24) is 0 Å². The lowest BCUT2D eigenvalue weighted by atomic mass is 10.5. The zero-order valence-corrected chi connectivity index (χ0v) is 11.0. The summed E-state index contributed by atoms with van der Waals surface area (Å²) < 4.78 is 3.65. The number of carbonyl (C=O) groups is 1. The van der Waals surface area contributed by atoms with Gasteiger partial charge in [0.05, 0.1) is 6.61 Å². The van der Waals surface area contributed by atoms with Crippen molar-refractivity contribution in [1.29, 1.82) is 0 Å². The first kappa shape index (κ1) is 13.7. The van der Waals surface area contributed by atoms with Gasteiger partial charge in [-0.2, -0.15) is 0 Å². The van der Waals surface area contributed by atoms with E-state index in [0.29, 0.717) is 12.5 Å². The second-order valence-corrected chi connectivity index (χ2v) is 6.10. The van der Waals surface area contributed by atoms with Crippen molar-refractivity contribution in [2.45, 2.75) is 17.1 Å². The van der Waals surface area contributed by atoms with E-state index >= 15 is 0 Å². The summed E-state index contributed by atoms with van der Waals surface area (Å²) in [4.78, 5) is 15.3. The highest BCUT2D eigenvalue weighted by Gasteiger charge is 2.33. The Morgan fingerprint density at radius 2 is 2.14 bits per heavy atom. The van der Waals surface area contributed by atoms with E-state index in [1.165, 1.54) is 0 Å². The molecule has 82 valence electrons. The van der Waals surface area contributed by atoms with Crippen molar-refractivity contribution >= 4 is 43.7 Å². The molecule has 14 heavy (non-hydrogen) atoms. The Morgan fingerprint density at radius 3 is 2.57 bits per heavy atom. The Bertz CT molecular complexity index is 230. The third-order valence-corrected chi connectivity index (χ3v) is 2.24. The van der Waals surface area contributed by atoms with E-state index in [9.17, 15) is 4.79 Å². The van der Waals surface area contributed by atoms with Gasteiger partial charge in [0, 0.05) is 6.92 Å². The molecule has 0 aliphatic rings. The number of halogens is 2. The summed E-state index contributed by atoms with van der Waals surface area (Å²) in [7, 11) is 0. The lowest BCUT2D eigenvalue weighted by Crippen LogP contribution is -2.29. The van der Waals surface area contributed by atoms with Crippen LogP contribution in [-0.2, 0) is 14.4 Å². The molecule has 0 radical (unpaired) electrons. The molecule has 0 saturated carbocycles. The van der Waals surface area contributed by atoms with Gasteiger partial charge in [-0.25, -0.2) is 4.79 Å². The quantitative estimate of drug-likeness (QED) is 0.361. The summed E-state index contributed by atoms with van der Waals surface area (Å²) >= 11 is 5.84. The average Bonchev–Trinajstić information content (AvgIpc) is 2.04. The Balaban J connectivity index is 3.95. The Kier molecular flexibility index (Phi) is 6.10. The van der Waals surface area contributed by atoms with E-state index in [0.717, 1.165) is 0 Å². The van der Waals surface area contributed by atoms with Crippen LogP contribution < -0.4 is 0 Å². The molecule has 0 rings (SSSR count). The number of hydrogen-bond donors (Lipinski definition) is 1. The minimum atomic E-state index is -1.31. The molecule has 1 N–H and O–H groups in total. The third kappa shape index (κ3) is 5.43. The molecule has 0 atom stereocenters. The van der Waals surface area contributed by atoms with E-state index in [-0.39, 0.29) is 6.61 Å². The molecule has 0 aromatic carbocycles. The SMILES string of the molecule is CCO/C(C)=N\OCC(Br)(Br)C(=O)O. The third-order valence-electron chi connectivity index (χ3n) is 1.11. The van der Waals surface area contributed by atoms with E-state index < -0.39 is 9.20 Å². The molecule has 0 aliphatic carbocycles. The lowest BCUT2D eigenvalue weighted by molar-refractivity contribution is -0.138. The van der Waals surface area contributed by atoms with Crippen LogP contribution >= 0.6 is 31.9 Å². The number of alkyl halides is 2. The van der Waals surface area contributed by atoms with Gasteiger partial charge in [0.15, 0.2) is 6.61 Å². The van der Waals surface area contributed by atoms with Crippen LogP contribution in [0.1, 0.15) is 13.8 Å². The number of carboxylic acid groups (broad SMARTS) is 1. The predicted molar refractivity (Wildman–Crippen MR) is 58.9 cm³/mol. The molecule has 0 heterocycles. The average molecular weight is 333 g/mol. The largest absolute Gasteiger partial charge is 0.479 e. The lowest BCUT2D eigenvalue weighted by Gasteiger charge is -2.12. The van der Waals surface area contributed by atoms with Crippen molar-refractivity contribution < 1.29 is 19.5 Å². The van der Waals surface area contributed by atoms with Gasteiger partial charge < -0.3 is 14.7 Å². The highest BCUT2D eigenvalue weighted by atomic mass is 79.9. The second-order valence-electron chi connectivity index (χ2n) is 2.33. The van der Waals surface area contributed by atoms with Crippen molar-refractivity contribution in [2.75, 3.05) is 13.2 Å². The van der Waals surface area contributed by atoms with Gasteiger partial charge in [0.25, 0.3) is 0 Å². The topological polar surface area (TPSA) is 68.1 Å². The maximum absolute atomic E-state index is 10.6. The highest BCUT2D eigenvalue weighted by molar-refractivity contribution is 9.26. The molecule has 0 amide bonds. The maximum Gasteiger partial charge on any atom is 0.335 e. The van der Waals surface area contributed by atoms with Gasteiger partial charge in [-0.1, -0.05) is 37.0 Å². The van der Waals surface area contributed by atoms with Crippen LogP contribution in [0.15, 0.2) is 5.16 Å². The fraction of sp³-hybridized carbons (Fsp3) is 0.714. The van der Waals surface area contributed by atoms with E-state index in [4.69, 9.17) is 14.7 Å². The summed E-state index contributed by atoms with van der Waals surface area (Å²) in [5.41, 5.74) is 0. The molecule has 0 spiro atoms. The van der Waals surface area contributed by atoms with Crippen molar-refractivity contribution in [2.24, 2.45) is 5.16 Å². The number of oxime groups is 1. The van der Waals surface area contributed by atoms with Crippen LogP contribution in [0.25, 0.3) is 0 Å². The standard InChI is InChI=1S/C7H11Br2NO4/c1-3-13-5(2)10-14-4-7(8,9)6(11)12/h3-4H2,1-2H3,(H,11,12)/b10-5-. The normalized spacial score (nSPS) is 12.4.